The number of nitrogens with zero attached hydrogens (tertiary/aromatic N) is 1. The summed E-state index contributed by atoms with van der Waals surface area (Å²) in [6, 6.07) is 0. The van der Waals surface area contributed by atoms with Gasteiger partial charge in [0.15, 0.2) is 0 Å². The summed E-state index contributed by atoms with van der Waals surface area (Å²) < 4.78 is 0. The summed E-state index contributed by atoms with van der Waals surface area (Å²) in [5.74, 6) is 0. The maximum absolute atomic E-state index is 9.41. The van der Waals surface area contributed by atoms with Gasteiger partial charge in [-0.05, 0) is 20.8 Å². The second kappa shape index (κ2) is 3.09. The molecule has 0 aliphatic carbocycles. The normalized spacial score (nSPS) is 28.4. The predicted octanol–water partition coefficient (Wildman–Crippen LogP) is 0.00850. The third-order valence-corrected chi connectivity index (χ3v) is 2.32. The van der Waals surface area contributed by atoms with Gasteiger partial charge in [-0.3, -0.25) is 4.90 Å². The lowest BCUT2D eigenvalue weighted by molar-refractivity contribution is -0.0564. The number of hydrogen-bond donors (Lipinski definition) is 2. The molecule has 2 N–H and O–H groups in total. The Labute approximate surface area is 68.4 Å². The van der Waals surface area contributed by atoms with Gasteiger partial charge >= 0.3 is 0 Å². The van der Waals surface area contributed by atoms with E-state index < -0.39 is 0 Å². The first kappa shape index (κ1) is 8.97. The molecule has 1 aliphatic heterocycles. The van der Waals surface area contributed by atoms with Crippen molar-refractivity contribution in [2.24, 2.45) is 0 Å². The van der Waals surface area contributed by atoms with Crippen LogP contribution in [0.4, 0.5) is 0 Å². The molecule has 1 unspecified atom stereocenters. The molecule has 0 bridgehead atoms. The van der Waals surface area contributed by atoms with Crippen molar-refractivity contribution in [2.75, 3.05) is 19.6 Å². The topological polar surface area (TPSA) is 35.5 Å². The van der Waals surface area contributed by atoms with Crippen molar-refractivity contribution >= 4 is 0 Å². The largest absolute Gasteiger partial charge is 0.379 e. The Morgan fingerprint density at radius 1 is 1.55 bits per heavy atom. The standard InChI is InChI=1S/C8H18N2O/c1-7(11)10-5-4-9-6-8(10,2)3/h7,9,11H,4-6H2,1-3H3. The molecule has 0 spiro atoms. The highest BCUT2D eigenvalue weighted by Gasteiger charge is 2.31. The van der Waals surface area contributed by atoms with Crippen molar-refractivity contribution in [2.45, 2.75) is 32.5 Å². The summed E-state index contributed by atoms with van der Waals surface area (Å²) in [6.07, 6.45) is -0.327. The fourth-order valence-corrected chi connectivity index (χ4v) is 1.69. The second-order valence-electron chi connectivity index (χ2n) is 3.81. The van der Waals surface area contributed by atoms with Gasteiger partial charge in [0.1, 0.15) is 6.23 Å². The predicted molar refractivity (Wildman–Crippen MR) is 45.3 cm³/mol. The minimum Gasteiger partial charge on any atom is -0.379 e. The first-order valence-corrected chi connectivity index (χ1v) is 4.19. The Morgan fingerprint density at radius 2 is 2.18 bits per heavy atom. The van der Waals surface area contributed by atoms with Gasteiger partial charge < -0.3 is 10.4 Å². The number of piperazine rings is 1. The molecule has 0 aromatic carbocycles. The highest BCUT2D eigenvalue weighted by Crippen LogP contribution is 2.17. The zero-order valence-corrected chi connectivity index (χ0v) is 7.59. The van der Waals surface area contributed by atoms with Gasteiger partial charge in [-0.2, -0.15) is 0 Å². The van der Waals surface area contributed by atoms with Crippen LogP contribution in [0.5, 0.6) is 0 Å². The van der Waals surface area contributed by atoms with E-state index in [1.165, 1.54) is 0 Å². The molecule has 1 saturated heterocycles. The highest BCUT2D eigenvalue weighted by molar-refractivity contribution is 4.88. The van der Waals surface area contributed by atoms with Crippen LogP contribution in [-0.2, 0) is 0 Å². The van der Waals surface area contributed by atoms with Crippen LogP contribution in [0.2, 0.25) is 0 Å². The Kier molecular flexibility index (Phi) is 2.52. The quantitative estimate of drug-likeness (QED) is 0.564. The minimum atomic E-state index is -0.327. The summed E-state index contributed by atoms with van der Waals surface area (Å²) >= 11 is 0. The molecule has 66 valence electrons. The van der Waals surface area contributed by atoms with Crippen molar-refractivity contribution < 1.29 is 5.11 Å². The molecule has 1 fully saturated rings. The Bertz CT molecular complexity index is 134. The lowest BCUT2D eigenvalue weighted by Gasteiger charge is -2.44. The van der Waals surface area contributed by atoms with Gasteiger partial charge in [-0.1, -0.05) is 0 Å². The van der Waals surface area contributed by atoms with E-state index in [-0.39, 0.29) is 11.8 Å². The van der Waals surface area contributed by atoms with Gasteiger partial charge in [0, 0.05) is 25.2 Å². The lowest BCUT2D eigenvalue weighted by atomic mass is 10.0. The van der Waals surface area contributed by atoms with Crippen molar-refractivity contribution in [1.82, 2.24) is 10.2 Å². The van der Waals surface area contributed by atoms with E-state index in [4.69, 9.17) is 0 Å². The molecule has 0 radical (unpaired) electrons. The van der Waals surface area contributed by atoms with Crippen molar-refractivity contribution in [3.63, 3.8) is 0 Å². The zero-order chi connectivity index (χ0) is 8.48. The number of aliphatic hydroxyl groups is 1. The average Bonchev–Trinajstić information content (AvgIpc) is 1.85. The van der Waals surface area contributed by atoms with Crippen LogP contribution >= 0.6 is 0 Å². The molecular weight excluding hydrogens is 140 g/mol. The van der Waals surface area contributed by atoms with E-state index in [0.717, 1.165) is 19.6 Å². The third kappa shape index (κ3) is 1.92. The molecule has 0 aromatic heterocycles. The zero-order valence-electron chi connectivity index (χ0n) is 7.59. The van der Waals surface area contributed by atoms with Crippen LogP contribution < -0.4 is 5.32 Å². The molecule has 1 atom stereocenters. The van der Waals surface area contributed by atoms with E-state index in [9.17, 15) is 5.11 Å². The summed E-state index contributed by atoms with van der Waals surface area (Å²) in [5.41, 5.74) is 0.0897. The summed E-state index contributed by atoms with van der Waals surface area (Å²) in [7, 11) is 0. The van der Waals surface area contributed by atoms with Crippen molar-refractivity contribution in [3.05, 3.63) is 0 Å². The number of rotatable bonds is 1. The van der Waals surface area contributed by atoms with Crippen LogP contribution in [0.3, 0.4) is 0 Å². The van der Waals surface area contributed by atoms with Gasteiger partial charge in [-0.25, -0.2) is 0 Å². The van der Waals surface area contributed by atoms with Gasteiger partial charge in [0.05, 0.1) is 0 Å². The average molecular weight is 158 g/mol. The smallest absolute Gasteiger partial charge is 0.105 e. The van der Waals surface area contributed by atoms with Crippen LogP contribution in [0, 0.1) is 0 Å². The van der Waals surface area contributed by atoms with E-state index in [2.05, 4.69) is 24.1 Å². The van der Waals surface area contributed by atoms with Crippen molar-refractivity contribution in [1.29, 1.82) is 0 Å². The molecule has 1 aliphatic rings. The van der Waals surface area contributed by atoms with Crippen LogP contribution in [0.15, 0.2) is 0 Å². The molecule has 0 aromatic rings. The Hall–Kier alpha value is -0.120. The van der Waals surface area contributed by atoms with Crippen LogP contribution in [0.1, 0.15) is 20.8 Å². The van der Waals surface area contributed by atoms with Crippen LogP contribution in [0.25, 0.3) is 0 Å². The first-order valence-electron chi connectivity index (χ1n) is 4.19. The minimum absolute atomic E-state index is 0.0897. The van der Waals surface area contributed by atoms with E-state index >= 15 is 0 Å². The SMILES string of the molecule is CC(O)N1CCNCC1(C)C. The molecule has 3 nitrogen and oxygen atoms in total. The molecule has 1 rings (SSSR count). The first-order chi connectivity index (χ1) is 5.04. The maximum atomic E-state index is 9.41. The third-order valence-electron chi connectivity index (χ3n) is 2.32. The van der Waals surface area contributed by atoms with Crippen molar-refractivity contribution in [3.8, 4) is 0 Å². The molecule has 11 heavy (non-hydrogen) atoms. The molecule has 0 amide bonds. The fraction of sp³-hybridized carbons (Fsp3) is 1.00. The number of nitrogens with one attached hydrogen (secondary N) is 1. The summed E-state index contributed by atoms with van der Waals surface area (Å²) in [4.78, 5) is 2.11. The molecular formula is C8H18N2O. The fourth-order valence-electron chi connectivity index (χ4n) is 1.69. The van der Waals surface area contributed by atoms with Gasteiger partial charge in [-0.15, -0.1) is 0 Å². The molecule has 3 heteroatoms. The van der Waals surface area contributed by atoms with E-state index in [0.29, 0.717) is 0 Å². The summed E-state index contributed by atoms with van der Waals surface area (Å²) in [6.45, 7) is 8.99. The number of aliphatic hydroxyl groups excluding tert-OH is 1. The Morgan fingerprint density at radius 3 is 2.55 bits per heavy atom. The van der Waals surface area contributed by atoms with Gasteiger partial charge in [0.25, 0.3) is 0 Å². The number of hydrogen-bond acceptors (Lipinski definition) is 3. The van der Waals surface area contributed by atoms with Gasteiger partial charge in [0.2, 0.25) is 0 Å². The van der Waals surface area contributed by atoms with Crippen LogP contribution in [-0.4, -0.2) is 41.4 Å². The monoisotopic (exact) mass is 158 g/mol. The second-order valence-corrected chi connectivity index (χ2v) is 3.81. The van der Waals surface area contributed by atoms with E-state index in [1.54, 1.807) is 0 Å². The molecule has 1 heterocycles. The lowest BCUT2D eigenvalue weighted by Crippen LogP contribution is -2.60. The Balaban J connectivity index is 2.60. The summed E-state index contributed by atoms with van der Waals surface area (Å²) in [5, 5.41) is 12.7. The maximum Gasteiger partial charge on any atom is 0.105 e. The highest BCUT2D eigenvalue weighted by atomic mass is 16.3. The van der Waals surface area contributed by atoms with E-state index in [1.807, 2.05) is 6.92 Å². The molecule has 0 saturated carbocycles.